The summed E-state index contributed by atoms with van der Waals surface area (Å²) >= 11 is 0. The zero-order chi connectivity index (χ0) is 17.2. The molecule has 0 saturated carbocycles. The van der Waals surface area contributed by atoms with Crippen molar-refractivity contribution in [3.63, 3.8) is 0 Å². The molecule has 126 valence electrons. The number of hydrogen-bond acceptors (Lipinski definition) is 4. The third-order valence-corrected chi connectivity index (χ3v) is 4.91. The summed E-state index contributed by atoms with van der Waals surface area (Å²) < 4.78 is 5.46. The van der Waals surface area contributed by atoms with Gasteiger partial charge in [0, 0.05) is 29.7 Å². The monoisotopic (exact) mass is 332 g/mol. The van der Waals surface area contributed by atoms with Crippen LogP contribution in [0, 0.1) is 0 Å². The first kappa shape index (κ1) is 15.6. The molecule has 1 atom stereocenters. The molecule has 3 aromatic rings. The van der Waals surface area contributed by atoms with Gasteiger partial charge in [0.15, 0.2) is 5.78 Å². The molecule has 0 aliphatic heterocycles. The van der Waals surface area contributed by atoms with Crippen molar-refractivity contribution < 1.29 is 9.32 Å². The molecule has 1 aliphatic carbocycles. The number of carbonyl (C=O) groups is 1. The van der Waals surface area contributed by atoms with E-state index in [1.165, 1.54) is 0 Å². The largest absolute Gasteiger partial charge is 0.357 e. The molecule has 1 aromatic heterocycles. The number of nitrogens with zero attached hydrogens (tertiary/aromatic N) is 1. The average Bonchev–Trinajstić information content (AvgIpc) is 3.11. The van der Waals surface area contributed by atoms with Crippen molar-refractivity contribution in [1.29, 1.82) is 0 Å². The van der Waals surface area contributed by atoms with Crippen molar-refractivity contribution >= 4 is 11.7 Å². The highest BCUT2D eigenvalue weighted by Crippen LogP contribution is 2.40. The number of ketones is 1. The number of hydrogen-bond donors (Lipinski definition) is 1. The summed E-state index contributed by atoms with van der Waals surface area (Å²) in [5, 5.41) is 7.38. The Bertz CT molecular complexity index is 899. The standard InChI is InChI=1S/C21H20N2O2/c1-22-21-18-13-7-12-16(19(18)23-25-21)15-10-5-6-11-17(15)20(24)14-8-3-2-4-9-14/h2-6,8-11,16,22H,7,12-13H2,1H3. The number of rotatable bonds is 4. The minimum Gasteiger partial charge on any atom is -0.357 e. The Hall–Kier alpha value is -2.88. The molecule has 0 fully saturated rings. The lowest BCUT2D eigenvalue weighted by Crippen LogP contribution is -2.15. The molecule has 1 unspecified atom stereocenters. The fourth-order valence-electron chi connectivity index (χ4n) is 3.71. The first-order valence-corrected chi connectivity index (χ1v) is 8.64. The molecule has 0 saturated heterocycles. The van der Waals surface area contributed by atoms with Crippen LogP contribution in [0.3, 0.4) is 0 Å². The van der Waals surface area contributed by atoms with Gasteiger partial charge in [-0.15, -0.1) is 0 Å². The summed E-state index contributed by atoms with van der Waals surface area (Å²) in [4.78, 5) is 13.0. The maximum absolute atomic E-state index is 13.0. The van der Waals surface area contributed by atoms with Crippen molar-refractivity contribution in [2.24, 2.45) is 0 Å². The minimum atomic E-state index is 0.0562. The van der Waals surface area contributed by atoms with Crippen LogP contribution in [-0.2, 0) is 6.42 Å². The lowest BCUT2D eigenvalue weighted by molar-refractivity contribution is 0.103. The van der Waals surface area contributed by atoms with Crippen molar-refractivity contribution in [2.45, 2.75) is 25.2 Å². The van der Waals surface area contributed by atoms with Crippen LogP contribution < -0.4 is 5.32 Å². The first-order chi connectivity index (χ1) is 12.3. The van der Waals surface area contributed by atoms with Gasteiger partial charge >= 0.3 is 0 Å². The van der Waals surface area contributed by atoms with Gasteiger partial charge in [-0.05, 0) is 24.8 Å². The number of carbonyl (C=O) groups excluding carboxylic acids is 1. The Morgan fingerprint density at radius 1 is 1.12 bits per heavy atom. The van der Waals surface area contributed by atoms with Crippen molar-refractivity contribution in [3.05, 3.63) is 82.5 Å². The van der Waals surface area contributed by atoms with E-state index in [4.69, 9.17) is 4.52 Å². The lowest BCUT2D eigenvalue weighted by Gasteiger charge is -2.23. The van der Waals surface area contributed by atoms with E-state index in [0.29, 0.717) is 5.56 Å². The smallest absolute Gasteiger partial charge is 0.227 e. The van der Waals surface area contributed by atoms with Gasteiger partial charge in [-0.25, -0.2) is 0 Å². The van der Waals surface area contributed by atoms with Gasteiger partial charge in [-0.2, -0.15) is 0 Å². The van der Waals surface area contributed by atoms with E-state index in [0.717, 1.165) is 47.5 Å². The highest BCUT2D eigenvalue weighted by molar-refractivity contribution is 6.10. The molecule has 2 aromatic carbocycles. The second kappa shape index (κ2) is 6.55. The van der Waals surface area contributed by atoms with Gasteiger partial charge in [0.2, 0.25) is 5.88 Å². The minimum absolute atomic E-state index is 0.0562. The number of aromatic nitrogens is 1. The number of fused-ring (bicyclic) bond motifs is 1. The van der Waals surface area contributed by atoms with E-state index in [2.05, 4.69) is 10.5 Å². The predicted octanol–water partition coefficient (Wildman–Crippen LogP) is 4.42. The zero-order valence-electron chi connectivity index (χ0n) is 14.2. The van der Waals surface area contributed by atoms with E-state index in [9.17, 15) is 4.79 Å². The molecule has 1 N–H and O–H groups in total. The molecule has 0 amide bonds. The molecule has 1 heterocycles. The summed E-state index contributed by atoms with van der Waals surface area (Å²) in [7, 11) is 1.84. The maximum atomic E-state index is 13.0. The molecular formula is C21H20N2O2. The molecule has 0 spiro atoms. The van der Waals surface area contributed by atoms with Gasteiger partial charge in [-0.1, -0.05) is 59.8 Å². The summed E-state index contributed by atoms with van der Waals surface area (Å²) in [6.45, 7) is 0. The van der Waals surface area contributed by atoms with Gasteiger partial charge in [0.1, 0.15) is 0 Å². The second-order valence-electron chi connectivity index (χ2n) is 6.35. The fourth-order valence-corrected chi connectivity index (χ4v) is 3.71. The fraction of sp³-hybridized carbons (Fsp3) is 0.238. The van der Waals surface area contributed by atoms with Crippen LogP contribution in [0.25, 0.3) is 0 Å². The van der Waals surface area contributed by atoms with Gasteiger partial charge in [-0.3, -0.25) is 4.79 Å². The lowest BCUT2D eigenvalue weighted by atomic mass is 9.80. The molecular weight excluding hydrogens is 312 g/mol. The van der Waals surface area contributed by atoms with Crippen LogP contribution in [0.15, 0.2) is 59.1 Å². The molecule has 1 aliphatic rings. The number of nitrogens with one attached hydrogen (secondary N) is 1. The molecule has 0 radical (unpaired) electrons. The van der Waals surface area contributed by atoms with E-state index >= 15 is 0 Å². The van der Waals surface area contributed by atoms with E-state index < -0.39 is 0 Å². The summed E-state index contributed by atoms with van der Waals surface area (Å²) in [6, 6.07) is 17.3. The van der Waals surface area contributed by atoms with E-state index in [-0.39, 0.29) is 11.7 Å². The summed E-state index contributed by atoms with van der Waals surface area (Å²) in [5.41, 5.74) is 4.60. The SMILES string of the molecule is CNc1onc2c1CCCC2c1ccccc1C(=O)c1ccccc1. The zero-order valence-corrected chi connectivity index (χ0v) is 14.2. The Morgan fingerprint density at radius 2 is 1.88 bits per heavy atom. The summed E-state index contributed by atoms with van der Waals surface area (Å²) in [6.07, 6.45) is 2.99. The second-order valence-corrected chi connectivity index (χ2v) is 6.35. The third kappa shape index (κ3) is 2.74. The van der Waals surface area contributed by atoms with Crippen molar-refractivity contribution in [3.8, 4) is 0 Å². The molecule has 0 bridgehead atoms. The molecule has 4 rings (SSSR count). The van der Waals surface area contributed by atoms with Gasteiger partial charge < -0.3 is 9.84 Å². The number of anilines is 1. The Labute approximate surface area is 146 Å². The maximum Gasteiger partial charge on any atom is 0.227 e. The Balaban J connectivity index is 1.78. The van der Waals surface area contributed by atoms with Gasteiger partial charge in [0.25, 0.3) is 0 Å². The normalized spacial score (nSPS) is 16.3. The van der Waals surface area contributed by atoms with Crippen molar-refractivity contribution in [2.75, 3.05) is 12.4 Å². The number of benzene rings is 2. The highest BCUT2D eigenvalue weighted by Gasteiger charge is 2.30. The quantitative estimate of drug-likeness (QED) is 0.719. The van der Waals surface area contributed by atoms with Crippen molar-refractivity contribution in [1.82, 2.24) is 5.16 Å². The Kier molecular flexibility index (Phi) is 4.10. The average molecular weight is 332 g/mol. The summed E-state index contributed by atoms with van der Waals surface area (Å²) in [5.74, 6) is 0.894. The highest BCUT2D eigenvalue weighted by atomic mass is 16.5. The molecule has 4 nitrogen and oxygen atoms in total. The molecule has 4 heteroatoms. The van der Waals surface area contributed by atoms with Crippen LogP contribution in [0.5, 0.6) is 0 Å². The Morgan fingerprint density at radius 3 is 2.68 bits per heavy atom. The van der Waals surface area contributed by atoms with Crippen LogP contribution >= 0.6 is 0 Å². The van der Waals surface area contributed by atoms with Crippen LogP contribution in [-0.4, -0.2) is 18.0 Å². The van der Waals surface area contributed by atoms with Crippen LogP contribution in [0.2, 0.25) is 0 Å². The van der Waals surface area contributed by atoms with Crippen LogP contribution in [0.4, 0.5) is 5.88 Å². The third-order valence-electron chi connectivity index (χ3n) is 4.91. The van der Waals surface area contributed by atoms with Crippen LogP contribution in [0.1, 0.15) is 51.5 Å². The predicted molar refractivity (Wildman–Crippen MR) is 97.1 cm³/mol. The topological polar surface area (TPSA) is 55.1 Å². The molecule has 25 heavy (non-hydrogen) atoms. The van der Waals surface area contributed by atoms with E-state index in [1.54, 1.807) is 0 Å². The first-order valence-electron chi connectivity index (χ1n) is 8.64. The van der Waals surface area contributed by atoms with Gasteiger partial charge in [0.05, 0.1) is 5.69 Å². The van der Waals surface area contributed by atoms with E-state index in [1.807, 2.05) is 61.6 Å².